The van der Waals surface area contributed by atoms with Crippen LogP contribution in [0.15, 0.2) is 152 Å². The quantitative estimate of drug-likeness (QED) is 0.173. The van der Waals surface area contributed by atoms with Crippen molar-refractivity contribution in [3.05, 3.63) is 202 Å². The van der Waals surface area contributed by atoms with Crippen LogP contribution in [-0.4, -0.2) is 0 Å². The van der Waals surface area contributed by atoms with Crippen LogP contribution in [-0.2, 0) is 16.2 Å². The zero-order chi connectivity index (χ0) is 38.1. The molecule has 11 rings (SSSR count). The van der Waals surface area contributed by atoms with Crippen LogP contribution in [0.3, 0.4) is 0 Å². The van der Waals surface area contributed by atoms with Crippen LogP contribution in [0.4, 0.5) is 0 Å². The van der Waals surface area contributed by atoms with Gasteiger partial charge in [0.2, 0.25) is 0 Å². The summed E-state index contributed by atoms with van der Waals surface area (Å²) >= 11 is 0. The summed E-state index contributed by atoms with van der Waals surface area (Å²) in [4.78, 5) is 0. The Labute approximate surface area is 331 Å². The Balaban J connectivity index is 1.10. The number of para-hydroxylation sites is 1. The molecule has 1 spiro atoms. The summed E-state index contributed by atoms with van der Waals surface area (Å²) in [7, 11) is 0. The van der Waals surface area contributed by atoms with Crippen LogP contribution in [0.5, 0.6) is 5.75 Å². The molecule has 0 saturated heterocycles. The van der Waals surface area contributed by atoms with Gasteiger partial charge in [0.1, 0.15) is 11.5 Å². The molecular formula is C55H46O. The van der Waals surface area contributed by atoms with Crippen LogP contribution < -0.4 is 4.74 Å². The van der Waals surface area contributed by atoms with E-state index in [0.29, 0.717) is 0 Å². The van der Waals surface area contributed by atoms with Crippen LogP contribution in [0.1, 0.15) is 104 Å². The highest BCUT2D eigenvalue weighted by molar-refractivity contribution is 5.96. The molecule has 1 unspecified atom stereocenters. The summed E-state index contributed by atoms with van der Waals surface area (Å²) < 4.78 is 6.49. The summed E-state index contributed by atoms with van der Waals surface area (Å²) in [5.74, 6) is 2.18. The van der Waals surface area contributed by atoms with E-state index in [2.05, 4.69) is 193 Å². The summed E-state index contributed by atoms with van der Waals surface area (Å²) in [6.45, 7) is 14.0. The van der Waals surface area contributed by atoms with E-state index in [4.69, 9.17) is 4.74 Å². The highest BCUT2D eigenvalue weighted by Crippen LogP contribution is 2.64. The molecule has 3 aliphatic carbocycles. The number of allylic oxidation sites excluding steroid dienone is 1. The normalized spacial score (nSPS) is 16.5. The molecule has 1 atom stereocenters. The van der Waals surface area contributed by atoms with Crippen molar-refractivity contribution >= 4 is 5.76 Å². The predicted octanol–water partition coefficient (Wildman–Crippen LogP) is 14.2. The first-order valence-corrected chi connectivity index (χ1v) is 20.3. The first kappa shape index (κ1) is 33.4. The Bertz CT molecular complexity index is 2770. The second-order valence-corrected chi connectivity index (χ2v) is 18.4. The lowest BCUT2D eigenvalue weighted by atomic mass is 9.68. The fourth-order valence-corrected chi connectivity index (χ4v) is 10.4. The monoisotopic (exact) mass is 722 g/mol. The lowest BCUT2D eigenvalue weighted by Crippen LogP contribution is -2.27. The van der Waals surface area contributed by atoms with Gasteiger partial charge >= 0.3 is 0 Å². The lowest BCUT2D eigenvalue weighted by molar-refractivity contribution is 0.503. The third kappa shape index (κ3) is 4.61. The SMILES string of the molecule is CC(C)(C)c1ccc2c(c1)C1(c3ccccc3-c3ccc(-c4cccc(C5CC=C6Oc7ccccc7-c7cccc5c76)c4)cc31)c1cc(C(C)(C)C)ccc1-2. The number of ether oxygens (including phenoxy) is 1. The Morgan fingerprint density at radius 2 is 1.05 bits per heavy atom. The van der Waals surface area contributed by atoms with Crippen molar-refractivity contribution in [3.8, 4) is 50.3 Å². The van der Waals surface area contributed by atoms with Crippen molar-refractivity contribution in [1.29, 1.82) is 0 Å². The van der Waals surface area contributed by atoms with Gasteiger partial charge in [0.05, 0.1) is 5.41 Å². The summed E-state index contributed by atoms with van der Waals surface area (Å²) in [5, 5.41) is 0. The van der Waals surface area contributed by atoms with E-state index in [0.717, 1.165) is 17.9 Å². The molecule has 0 radical (unpaired) electrons. The Morgan fingerprint density at radius 3 is 1.77 bits per heavy atom. The minimum atomic E-state index is -0.420. The first-order valence-electron chi connectivity index (χ1n) is 20.3. The molecule has 0 N–H and O–H groups in total. The van der Waals surface area contributed by atoms with Crippen molar-refractivity contribution in [2.75, 3.05) is 0 Å². The molecular weight excluding hydrogens is 677 g/mol. The molecule has 0 saturated carbocycles. The van der Waals surface area contributed by atoms with Crippen molar-refractivity contribution in [1.82, 2.24) is 0 Å². The van der Waals surface area contributed by atoms with E-state index in [9.17, 15) is 0 Å². The largest absolute Gasteiger partial charge is 0.456 e. The zero-order valence-electron chi connectivity index (χ0n) is 33.1. The third-order valence-electron chi connectivity index (χ3n) is 13.2. The smallest absolute Gasteiger partial charge is 0.135 e. The molecule has 0 bridgehead atoms. The minimum absolute atomic E-state index is 0.0212. The second-order valence-electron chi connectivity index (χ2n) is 18.4. The maximum atomic E-state index is 6.49. The van der Waals surface area contributed by atoms with Gasteiger partial charge in [0, 0.05) is 17.0 Å². The number of hydrogen-bond acceptors (Lipinski definition) is 1. The van der Waals surface area contributed by atoms with E-state index in [-0.39, 0.29) is 16.7 Å². The number of rotatable bonds is 2. The van der Waals surface area contributed by atoms with Gasteiger partial charge in [-0.05, 0) is 119 Å². The molecule has 1 heterocycles. The first-order chi connectivity index (χ1) is 27.0. The maximum absolute atomic E-state index is 6.49. The highest BCUT2D eigenvalue weighted by Gasteiger charge is 2.52. The molecule has 1 nitrogen and oxygen atoms in total. The van der Waals surface area contributed by atoms with Crippen molar-refractivity contribution in [2.45, 2.75) is 70.1 Å². The molecule has 1 aliphatic heterocycles. The number of hydrogen-bond donors (Lipinski definition) is 0. The number of fused-ring (bicyclic) bond motifs is 12. The molecule has 7 aromatic rings. The Hall–Kier alpha value is -5.92. The molecule has 0 fully saturated rings. The predicted molar refractivity (Wildman–Crippen MR) is 233 cm³/mol. The average molecular weight is 723 g/mol. The average Bonchev–Trinajstić information content (AvgIpc) is 3.67. The van der Waals surface area contributed by atoms with Gasteiger partial charge < -0.3 is 4.74 Å². The lowest BCUT2D eigenvalue weighted by Gasteiger charge is -2.33. The van der Waals surface area contributed by atoms with Crippen molar-refractivity contribution < 1.29 is 4.74 Å². The third-order valence-corrected chi connectivity index (χ3v) is 13.2. The van der Waals surface area contributed by atoms with E-state index >= 15 is 0 Å². The molecule has 272 valence electrons. The minimum Gasteiger partial charge on any atom is -0.456 e. The van der Waals surface area contributed by atoms with Gasteiger partial charge in [0.15, 0.2) is 0 Å². The Kier molecular flexibility index (Phi) is 6.90. The highest BCUT2D eigenvalue weighted by atomic mass is 16.5. The van der Waals surface area contributed by atoms with Gasteiger partial charge in [-0.15, -0.1) is 0 Å². The van der Waals surface area contributed by atoms with E-state index < -0.39 is 5.41 Å². The molecule has 7 aromatic carbocycles. The molecule has 56 heavy (non-hydrogen) atoms. The van der Waals surface area contributed by atoms with Crippen LogP contribution in [0, 0.1) is 0 Å². The van der Waals surface area contributed by atoms with Crippen LogP contribution in [0.25, 0.3) is 50.3 Å². The van der Waals surface area contributed by atoms with E-state index in [1.165, 1.54) is 94.6 Å². The van der Waals surface area contributed by atoms with Gasteiger partial charge in [-0.2, -0.15) is 0 Å². The second kappa shape index (κ2) is 11.6. The topological polar surface area (TPSA) is 9.23 Å². The maximum Gasteiger partial charge on any atom is 0.135 e. The molecule has 4 aliphatic rings. The van der Waals surface area contributed by atoms with Gasteiger partial charge in [-0.1, -0.05) is 175 Å². The van der Waals surface area contributed by atoms with E-state index in [1.807, 2.05) is 0 Å². The molecule has 0 amide bonds. The van der Waals surface area contributed by atoms with Gasteiger partial charge in [-0.25, -0.2) is 0 Å². The molecule has 1 heteroatoms. The zero-order valence-corrected chi connectivity index (χ0v) is 33.1. The number of benzene rings is 7. The van der Waals surface area contributed by atoms with Crippen LogP contribution >= 0.6 is 0 Å². The van der Waals surface area contributed by atoms with Crippen molar-refractivity contribution in [2.24, 2.45) is 0 Å². The van der Waals surface area contributed by atoms with Gasteiger partial charge in [-0.3, -0.25) is 0 Å². The van der Waals surface area contributed by atoms with Gasteiger partial charge in [0.25, 0.3) is 0 Å². The standard InChI is InChI=1S/C55H46O/c1-53(2,3)36-22-25-41-42-26-23-37(54(4,5)6)32-49(42)55(48(41)31-36)46-19-9-7-15-39(46)40-24-21-34(30-47(40)55)33-13-11-14-35(29-33)38-27-28-51-52-44(38)17-12-18-45(52)43-16-8-10-20-50(43)56-51/h7-26,28-32,38H,27H2,1-6H3. The fourth-order valence-electron chi connectivity index (χ4n) is 10.4. The fraction of sp³-hybridized carbons (Fsp3) is 0.200. The van der Waals surface area contributed by atoms with E-state index in [1.54, 1.807) is 0 Å². The van der Waals surface area contributed by atoms with Crippen LogP contribution in [0.2, 0.25) is 0 Å². The Morgan fingerprint density at radius 1 is 0.482 bits per heavy atom. The summed E-state index contributed by atoms with van der Waals surface area (Å²) in [5.41, 5.74) is 22.2. The summed E-state index contributed by atoms with van der Waals surface area (Å²) in [6, 6.07) is 55.6. The molecule has 0 aromatic heterocycles. The summed E-state index contributed by atoms with van der Waals surface area (Å²) in [6.07, 6.45) is 3.21. The van der Waals surface area contributed by atoms with Crippen molar-refractivity contribution in [3.63, 3.8) is 0 Å².